The van der Waals surface area contributed by atoms with Gasteiger partial charge in [0.05, 0.1) is 15.9 Å². The molecule has 0 saturated carbocycles. The van der Waals surface area contributed by atoms with Crippen LogP contribution in [-0.2, 0) is 0 Å². The van der Waals surface area contributed by atoms with Crippen molar-refractivity contribution in [2.24, 2.45) is 0 Å². The summed E-state index contributed by atoms with van der Waals surface area (Å²) in [5.41, 5.74) is -1.46. The first-order valence-electron chi connectivity index (χ1n) is 5.17. The maximum Gasteiger partial charge on any atom is 0.368 e. The van der Waals surface area contributed by atoms with Crippen molar-refractivity contribution in [3.63, 3.8) is 0 Å². The highest BCUT2D eigenvalue weighted by Gasteiger charge is 2.26. The first kappa shape index (κ1) is 14.5. The Bertz CT molecular complexity index is 741. The molecule has 0 aliphatic rings. The van der Waals surface area contributed by atoms with E-state index < -0.39 is 43.8 Å². The van der Waals surface area contributed by atoms with Gasteiger partial charge in [0, 0.05) is 0 Å². The van der Waals surface area contributed by atoms with Gasteiger partial charge in [-0.25, -0.2) is 9.37 Å². The van der Waals surface area contributed by atoms with Gasteiger partial charge >= 0.3 is 17.3 Å². The molecule has 2 aromatic rings. The first-order valence-corrected chi connectivity index (χ1v) is 5.54. The summed E-state index contributed by atoms with van der Waals surface area (Å²) in [5, 5.41) is 21.2. The summed E-state index contributed by atoms with van der Waals surface area (Å²) in [6.45, 7) is 0. The molecule has 1 aromatic heterocycles. The molecule has 0 N–H and O–H groups in total. The molecule has 0 atom stereocenters. The van der Waals surface area contributed by atoms with Gasteiger partial charge in [0.15, 0.2) is 0 Å². The van der Waals surface area contributed by atoms with Gasteiger partial charge in [0.1, 0.15) is 12.1 Å². The number of benzene rings is 1. The average Bonchev–Trinajstić information content (AvgIpc) is 2.40. The molecular formula is C10H4ClFN4O5. The van der Waals surface area contributed by atoms with Crippen LogP contribution in [-0.4, -0.2) is 19.8 Å². The molecule has 2 rings (SSSR count). The quantitative estimate of drug-likeness (QED) is 0.483. The molecule has 0 spiro atoms. The van der Waals surface area contributed by atoms with Crippen LogP contribution < -0.4 is 4.74 Å². The van der Waals surface area contributed by atoms with Crippen LogP contribution in [0.3, 0.4) is 0 Å². The lowest BCUT2D eigenvalue weighted by molar-refractivity contribution is -0.387. The number of halogens is 2. The van der Waals surface area contributed by atoms with Gasteiger partial charge < -0.3 is 4.74 Å². The minimum absolute atomic E-state index is 0.417. The molecule has 0 bridgehead atoms. The van der Waals surface area contributed by atoms with E-state index in [0.29, 0.717) is 6.07 Å². The molecule has 1 heterocycles. The van der Waals surface area contributed by atoms with Crippen molar-refractivity contribution >= 4 is 23.0 Å². The van der Waals surface area contributed by atoms with Gasteiger partial charge in [0.2, 0.25) is 10.9 Å². The Morgan fingerprint density at radius 3 is 2.52 bits per heavy atom. The SMILES string of the molecule is O=[N+]([O-])c1cc(F)ccc1Oc1ncnc(Cl)c1[N+](=O)[O-]. The maximum atomic E-state index is 13.0. The summed E-state index contributed by atoms with van der Waals surface area (Å²) in [5.74, 6) is -1.86. The van der Waals surface area contributed by atoms with Crippen LogP contribution in [0.4, 0.5) is 15.8 Å². The Morgan fingerprint density at radius 1 is 1.19 bits per heavy atom. The van der Waals surface area contributed by atoms with E-state index in [1.807, 2.05) is 0 Å². The van der Waals surface area contributed by atoms with Gasteiger partial charge in [-0.2, -0.15) is 4.98 Å². The lowest BCUT2D eigenvalue weighted by atomic mass is 10.3. The van der Waals surface area contributed by atoms with E-state index in [-0.39, 0.29) is 0 Å². The minimum Gasteiger partial charge on any atom is -0.426 e. The number of ether oxygens (including phenoxy) is 1. The van der Waals surface area contributed by atoms with Gasteiger partial charge in [-0.3, -0.25) is 20.2 Å². The van der Waals surface area contributed by atoms with Crippen LogP contribution in [0, 0.1) is 26.0 Å². The minimum atomic E-state index is -0.896. The van der Waals surface area contributed by atoms with Crippen LogP contribution in [0.25, 0.3) is 0 Å². The summed E-state index contributed by atoms with van der Waals surface area (Å²) in [7, 11) is 0. The van der Waals surface area contributed by atoms with Gasteiger partial charge in [0.25, 0.3) is 0 Å². The monoisotopic (exact) mass is 314 g/mol. The van der Waals surface area contributed by atoms with Crippen LogP contribution in [0.1, 0.15) is 0 Å². The Hall–Kier alpha value is -2.88. The molecule has 0 aliphatic carbocycles. The number of nitro benzene ring substituents is 1. The lowest BCUT2D eigenvalue weighted by Gasteiger charge is -2.06. The molecule has 0 radical (unpaired) electrons. The van der Waals surface area contributed by atoms with E-state index >= 15 is 0 Å². The third-order valence-corrected chi connectivity index (χ3v) is 2.53. The Kier molecular flexibility index (Phi) is 3.89. The highest BCUT2D eigenvalue weighted by Crippen LogP contribution is 2.37. The third-order valence-electron chi connectivity index (χ3n) is 2.25. The second-order valence-electron chi connectivity index (χ2n) is 3.55. The van der Waals surface area contributed by atoms with Gasteiger partial charge in [-0.1, -0.05) is 11.6 Å². The van der Waals surface area contributed by atoms with Crippen molar-refractivity contribution in [1.82, 2.24) is 9.97 Å². The topological polar surface area (TPSA) is 121 Å². The molecule has 0 fully saturated rings. The molecular weight excluding hydrogens is 311 g/mol. The molecule has 0 amide bonds. The fraction of sp³-hybridized carbons (Fsp3) is 0. The number of aromatic nitrogens is 2. The first-order chi connectivity index (χ1) is 9.90. The van der Waals surface area contributed by atoms with Crippen molar-refractivity contribution in [2.45, 2.75) is 0 Å². The van der Waals surface area contributed by atoms with Gasteiger partial charge in [-0.05, 0) is 12.1 Å². The maximum absolute atomic E-state index is 13.0. The summed E-state index contributed by atoms with van der Waals surface area (Å²) in [6.07, 6.45) is 0.889. The lowest BCUT2D eigenvalue weighted by Crippen LogP contribution is -2.00. The van der Waals surface area contributed by atoms with Crippen LogP contribution in [0.5, 0.6) is 11.6 Å². The van der Waals surface area contributed by atoms with Gasteiger partial charge in [-0.15, -0.1) is 0 Å². The summed E-state index contributed by atoms with van der Waals surface area (Å²) >= 11 is 5.55. The predicted molar refractivity (Wildman–Crippen MR) is 66.8 cm³/mol. The Balaban J connectivity index is 2.51. The van der Waals surface area contributed by atoms with E-state index in [4.69, 9.17) is 16.3 Å². The van der Waals surface area contributed by atoms with E-state index in [1.54, 1.807) is 0 Å². The fourth-order valence-electron chi connectivity index (χ4n) is 1.39. The zero-order valence-electron chi connectivity index (χ0n) is 9.90. The van der Waals surface area contributed by atoms with Crippen molar-refractivity contribution in [3.8, 4) is 11.6 Å². The standard InChI is InChI=1S/C10H4ClFN4O5/c11-9-8(16(19)20)10(14-4-13-9)21-7-2-1-5(12)3-6(7)15(17)18/h1-4H. The second kappa shape index (κ2) is 5.63. The third kappa shape index (κ3) is 3.00. The zero-order chi connectivity index (χ0) is 15.6. The molecule has 1 aromatic carbocycles. The molecule has 11 heteroatoms. The Labute approximate surface area is 120 Å². The number of hydrogen-bond donors (Lipinski definition) is 0. The second-order valence-corrected chi connectivity index (χ2v) is 3.90. The molecule has 0 saturated heterocycles. The van der Waals surface area contributed by atoms with Crippen molar-refractivity contribution in [1.29, 1.82) is 0 Å². The van der Waals surface area contributed by atoms with Crippen LogP contribution >= 0.6 is 11.6 Å². The molecule has 21 heavy (non-hydrogen) atoms. The largest absolute Gasteiger partial charge is 0.426 e. The molecule has 108 valence electrons. The molecule has 9 nitrogen and oxygen atoms in total. The van der Waals surface area contributed by atoms with E-state index in [0.717, 1.165) is 18.5 Å². The fourth-order valence-corrected chi connectivity index (χ4v) is 1.59. The van der Waals surface area contributed by atoms with Crippen molar-refractivity contribution < 1.29 is 19.0 Å². The van der Waals surface area contributed by atoms with Crippen molar-refractivity contribution in [3.05, 3.63) is 55.7 Å². The normalized spacial score (nSPS) is 10.2. The van der Waals surface area contributed by atoms with E-state index in [9.17, 15) is 24.6 Å². The van der Waals surface area contributed by atoms with Crippen molar-refractivity contribution in [2.75, 3.05) is 0 Å². The summed E-state index contributed by atoms with van der Waals surface area (Å²) < 4.78 is 18.0. The Morgan fingerprint density at radius 2 is 1.90 bits per heavy atom. The number of nitro groups is 2. The molecule has 0 aliphatic heterocycles. The number of rotatable bonds is 4. The summed E-state index contributed by atoms with van der Waals surface area (Å²) in [4.78, 5) is 26.8. The zero-order valence-corrected chi connectivity index (χ0v) is 10.7. The van der Waals surface area contributed by atoms with Crippen LogP contribution in [0.2, 0.25) is 5.15 Å². The smallest absolute Gasteiger partial charge is 0.368 e. The predicted octanol–water partition coefficient (Wildman–Crippen LogP) is 2.88. The van der Waals surface area contributed by atoms with E-state index in [1.165, 1.54) is 0 Å². The number of nitrogens with zero attached hydrogens (tertiary/aromatic N) is 4. The molecule has 0 unspecified atom stereocenters. The number of hydrogen-bond acceptors (Lipinski definition) is 7. The van der Waals surface area contributed by atoms with Crippen LogP contribution in [0.15, 0.2) is 24.5 Å². The summed E-state index contributed by atoms with van der Waals surface area (Å²) in [6, 6.07) is 2.47. The highest BCUT2D eigenvalue weighted by atomic mass is 35.5. The highest BCUT2D eigenvalue weighted by molar-refractivity contribution is 6.31. The van der Waals surface area contributed by atoms with E-state index in [2.05, 4.69) is 9.97 Å². The average molecular weight is 315 g/mol.